The lowest BCUT2D eigenvalue weighted by atomic mass is 10.2. The Bertz CT molecular complexity index is 686. The Kier molecular flexibility index (Phi) is 2.84. The van der Waals surface area contributed by atoms with Gasteiger partial charge in [0.1, 0.15) is 5.69 Å². The summed E-state index contributed by atoms with van der Waals surface area (Å²) in [6, 6.07) is 1.62. The molecule has 6 N–H and O–H groups in total. The second-order valence-corrected chi connectivity index (χ2v) is 5.67. The van der Waals surface area contributed by atoms with Gasteiger partial charge in [-0.15, -0.1) is 11.3 Å². The number of aromatic amines is 1. The van der Waals surface area contributed by atoms with Gasteiger partial charge in [-0.25, -0.2) is 4.98 Å². The van der Waals surface area contributed by atoms with Crippen molar-refractivity contribution >= 4 is 28.3 Å². The zero-order valence-electron chi connectivity index (χ0n) is 10.5. The van der Waals surface area contributed by atoms with Crippen molar-refractivity contribution in [2.45, 2.75) is 18.4 Å². The summed E-state index contributed by atoms with van der Waals surface area (Å²) in [5.74, 6) is -0.732. The molecule has 1 aliphatic rings. The number of amides is 2. The first-order valence-electron chi connectivity index (χ1n) is 6.02. The number of hydrogen-bond donors (Lipinski definition) is 4. The van der Waals surface area contributed by atoms with Gasteiger partial charge in [-0.05, 0) is 18.9 Å². The van der Waals surface area contributed by atoms with Gasteiger partial charge < -0.3 is 21.8 Å². The summed E-state index contributed by atoms with van der Waals surface area (Å²) < 4.78 is 0. The van der Waals surface area contributed by atoms with Gasteiger partial charge >= 0.3 is 0 Å². The summed E-state index contributed by atoms with van der Waals surface area (Å²) in [6.45, 7) is 0. The van der Waals surface area contributed by atoms with Crippen molar-refractivity contribution in [3.8, 4) is 11.3 Å². The summed E-state index contributed by atoms with van der Waals surface area (Å²) in [7, 11) is 0. The molecule has 0 atom stereocenters. The van der Waals surface area contributed by atoms with Crippen molar-refractivity contribution in [2.24, 2.45) is 11.5 Å². The third-order valence-corrected chi connectivity index (χ3v) is 3.97. The van der Waals surface area contributed by atoms with Crippen molar-refractivity contribution in [1.82, 2.24) is 9.97 Å². The average molecular weight is 291 g/mol. The number of rotatable bonds is 4. The third-order valence-electron chi connectivity index (χ3n) is 3.21. The van der Waals surface area contributed by atoms with Crippen LogP contribution < -0.4 is 16.8 Å². The number of carbonyl (C=O) groups excluding carboxylic acids is 2. The van der Waals surface area contributed by atoms with Gasteiger partial charge in [-0.3, -0.25) is 9.59 Å². The molecule has 1 aliphatic carbocycles. The minimum absolute atomic E-state index is 0.203. The lowest BCUT2D eigenvalue weighted by Gasteiger charge is -2.06. The highest BCUT2D eigenvalue weighted by atomic mass is 32.1. The monoisotopic (exact) mass is 291 g/mol. The SMILES string of the molecule is NC(=O)c1cc(-c2csc(NC(=O)C3(N)CC3)n2)c[nH]1. The molecule has 104 valence electrons. The number of carbonyl (C=O) groups is 2. The lowest BCUT2D eigenvalue weighted by molar-refractivity contribution is -0.118. The minimum Gasteiger partial charge on any atom is -0.364 e. The van der Waals surface area contributed by atoms with Gasteiger partial charge in [-0.2, -0.15) is 0 Å². The summed E-state index contributed by atoms with van der Waals surface area (Å²) in [5, 5.41) is 4.99. The number of anilines is 1. The van der Waals surface area contributed by atoms with Crippen LogP contribution >= 0.6 is 11.3 Å². The van der Waals surface area contributed by atoms with E-state index < -0.39 is 11.4 Å². The Morgan fingerprint density at radius 1 is 1.45 bits per heavy atom. The van der Waals surface area contributed by atoms with Crippen LogP contribution in [0.4, 0.5) is 5.13 Å². The molecule has 7 nitrogen and oxygen atoms in total. The Balaban J connectivity index is 1.75. The van der Waals surface area contributed by atoms with Crippen LogP contribution in [0.2, 0.25) is 0 Å². The molecule has 0 aliphatic heterocycles. The van der Waals surface area contributed by atoms with E-state index >= 15 is 0 Å². The lowest BCUT2D eigenvalue weighted by Crippen LogP contribution is -2.37. The fourth-order valence-corrected chi connectivity index (χ4v) is 2.45. The number of H-pyrrole nitrogens is 1. The molecule has 2 amide bonds. The van der Waals surface area contributed by atoms with Gasteiger partial charge in [0.25, 0.3) is 5.91 Å². The molecule has 0 spiro atoms. The Morgan fingerprint density at radius 2 is 2.20 bits per heavy atom. The predicted octanol–water partition coefficient (Wildman–Crippen LogP) is 0.667. The fraction of sp³-hybridized carbons (Fsp3) is 0.250. The largest absolute Gasteiger partial charge is 0.364 e. The van der Waals surface area contributed by atoms with Crippen molar-refractivity contribution in [2.75, 3.05) is 5.32 Å². The van der Waals surface area contributed by atoms with E-state index in [1.807, 2.05) is 0 Å². The summed E-state index contributed by atoms with van der Waals surface area (Å²) in [4.78, 5) is 29.9. The van der Waals surface area contributed by atoms with E-state index in [9.17, 15) is 9.59 Å². The van der Waals surface area contributed by atoms with Crippen LogP contribution in [0, 0.1) is 0 Å². The van der Waals surface area contributed by atoms with Crippen LogP contribution in [0.3, 0.4) is 0 Å². The molecule has 2 aromatic rings. The van der Waals surface area contributed by atoms with Crippen LogP contribution in [-0.2, 0) is 4.79 Å². The molecule has 3 rings (SSSR count). The standard InChI is InChI=1S/C12H13N5O2S/c13-9(18)7-3-6(4-15-7)8-5-20-11(16-8)17-10(19)12(14)1-2-12/h3-5,15H,1-2,14H2,(H2,13,18)(H,16,17,19). The zero-order chi connectivity index (χ0) is 14.3. The number of aromatic nitrogens is 2. The van der Waals surface area contributed by atoms with Crippen LogP contribution in [0.1, 0.15) is 23.3 Å². The maximum absolute atomic E-state index is 11.8. The summed E-state index contributed by atoms with van der Waals surface area (Å²) in [6.07, 6.45) is 3.06. The molecule has 20 heavy (non-hydrogen) atoms. The Labute approximate surface area is 118 Å². The normalized spacial score (nSPS) is 15.8. The molecule has 2 heterocycles. The van der Waals surface area contributed by atoms with Crippen molar-refractivity contribution < 1.29 is 9.59 Å². The number of nitrogens with one attached hydrogen (secondary N) is 2. The molecule has 0 aromatic carbocycles. The Morgan fingerprint density at radius 3 is 2.80 bits per heavy atom. The van der Waals surface area contributed by atoms with Crippen LogP contribution in [0.5, 0.6) is 0 Å². The maximum Gasteiger partial charge on any atom is 0.265 e. The van der Waals surface area contributed by atoms with Crippen LogP contribution in [0.15, 0.2) is 17.6 Å². The van der Waals surface area contributed by atoms with Gasteiger partial charge in [0.05, 0.1) is 11.2 Å². The predicted molar refractivity (Wildman–Crippen MR) is 75.2 cm³/mol. The molecule has 8 heteroatoms. The van der Waals surface area contributed by atoms with E-state index in [1.54, 1.807) is 17.6 Å². The van der Waals surface area contributed by atoms with E-state index in [2.05, 4.69) is 15.3 Å². The molecular formula is C12H13N5O2S. The zero-order valence-corrected chi connectivity index (χ0v) is 11.3. The van der Waals surface area contributed by atoms with Gasteiger partial charge in [0.15, 0.2) is 5.13 Å². The molecule has 0 saturated heterocycles. The summed E-state index contributed by atoms with van der Waals surface area (Å²) >= 11 is 1.31. The number of primary amides is 1. The van der Waals surface area contributed by atoms with E-state index in [0.717, 1.165) is 5.56 Å². The minimum atomic E-state index is -0.723. The highest BCUT2D eigenvalue weighted by Crippen LogP contribution is 2.34. The van der Waals surface area contributed by atoms with Gasteiger partial charge in [-0.1, -0.05) is 0 Å². The summed E-state index contributed by atoms with van der Waals surface area (Å²) in [5.41, 5.74) is 12.0. The molecular weight excluding hydrogens is 278 g/mol. The van der Waals surface area contributed by atoms with Crippen LogP contribution in [0.25, 0.3) is 11.3 Å². The van der Waals surface area contributed by atoms with E-state index in [4.69, 9.17) is 11.5 Å². The topological polar surface area (TPSA) is 127 Å². The Hall–Kier alpha value is -2.19. The van der Waals surface area contributed by atoms with E-state index in [-0.39, 0.29) is 5.91 Å². The number of nitrogens with zero attached hydrogens (tertiary/aromatic N) is 1. The van der Waals surface area contributed by atoms with Crippen molar-refractivity contribution in [3.05, 3.63) is 23.3 Å². The second kappa shape index (κ2) is 4.43. The third kappa shape index (κ3) is 2.30. The number of hydrogen-bond acceptors (Lipinski definition) is 5. The molecule has 0 unspecified atom stereocenters. The van der Waals surface area contributed by atoms with Gasteiger partial charge in [0.2, 0.25) is 5.91 Å². The first kappa shape index (κ1) is 12.8. The first-order valence-corrected chi connectivity index (χ1v) is 6.90. The molecule has 2 aromatic heterocycles. The smallest absolute Gasteiger partial charge is 0.265 e. The molecule has 0 bridgehead atoms. The molecule has 1 saturated carbocycles. The van der Waals surface area contributed by atoms with Crippen molar-refractivity contribution in [1.29, 1.82) is 0 Å². The first-order chi connectivity index (χ1) is 9.48. The highest BCUT2D eigenvalue weighted by Gasteiger charge is 2.46. The van der Waals surface area contributed by atoms with Crippen LogP contribution in [-0.4, -0.2) is 27.3 Å². The van der Waals surface area contributed by atoms with E-state index in [1.165, 1.54) is 11.3 Å². The molecule has 0 radical (unpaired) electrons. The number of nitrogens with two attached hydrogens (primary N) is 2. The maximum atomic E-state index is 11.8. The second-order valence-electron chi connectivity index (χ2n) is 4.81. The quantitative estimate of drug-likeness (QED) is 0.660. The fourth-order valence-electron chi connectivity index (χ4n) is 1.73. The number of thiazole rings is 1. The van der Waals surface area contributed by atoms with Gasteiger partial charge in [0, 0.05) is 17.1 Å². The average Bonchev–Trinajstić information content (AvgIpc) is 2.84. The van der Waals surface area contributed by atoms with Crippen molar-refractivity contribution in [3.63, 3.8) is 0 Å². The van der Waals surface area contributed by atoms with E-state index in [0.29, 0.717) is 29.4 Å². The highest BCUT2D eigenvalue weighted by molar-refractivity contribution is 7.14. The molecule has 1 fully saturated rings.